The molecule has 2 aromatic rings. The number of hydrogen-bond acceptors (Lipinski definition) is 4. The summed E-state index contributed by atoms with van der Waals surface area (Å²) in [6.45, 7) is 9.38. The molecule has 1 N–H and O–H groups in total. The van der Waals surface area contributed by atoms with Crippen molar-refractivity contribution in [1.29, 1.82) is 0 Å². The van der Waals surface area contributed by atoms with Crippen LogP contribution < -0.4 is 4.74 Å². The van der Waals surface area contributed by atoms with Gasteiger partial charge in [-0.3, -0.25) is 0 Å². The molecule has 1 fully saturated rings. The molecule has 0 bridgehead atoms. The van der Waals surface area contributed by atoms with Gasteiger partial charge in [0.05, 0.1) is 19.3 Å². The number of amides is 1. The van der Waals surface area contributed by atoms with Crippen LogP contribution in [0.4, 0.5) is 4.79 Å². The Morgan fingerprint density at radius 2 is 2.03 bits per heavy atom. The number of fused-ring (bicyclic) bond motifs is 1. The second kappa shape index (κ2) is 10.3. The summed E-state index contributed by atoms with van der Waals surface area (Å²) in [5, 5.41) is 11.3. The number of hydrogen-bond donors (Lipinski definition) is 1. The Morgan fingerprint density at radius 3 is 2.80 bits per heavy atom. The molecule has 1 aliphatic heterocycles. The van der Waals surface area contributed by atoms with Crippen LogP contribution in [0.5, 0.6) is 5.75 Å². The highest BCUT2D eigenvalue weighted by Gasteiger charge is 2.23. The van der Waals surface area contributed by atoms with Gasteiger partial charge in [-0.1, -0.05) is 43.9 Å². The Hall–Kier alpha value is -2.09. The Labute approximate surface area is 179 Å². The van der Waals surface area contributed by atoms with Gasteiger partial charge in [0.2, 0.25) is 0 Å². The maximum Gasteiger partial charge on any atom is 0.407 e. The Balaban J connectivity index is 1.62. The molecule has 1 amide bonds. The summed E-state index contributed by atoms with van der Waals surface area (Å²) < 4.78 is 17.7. The van der Waals surface area contributed by atoms with Gasteiger partial charge in [0, 0.05) is 26.6 Å². The van der Waals surface area contributed by atoms with Crippen LogP contribution in [-0.4, -0.2) is 56.8 Å². The van der Waals surface area contributed by atoms with Crippen molar-refractivity contribution >= 4 is 24.9 Å². The predicted molar refractivity (Wildman–Crippen MR) is 121 cm³/mol. The Morgan fingerprint density at radius 1 is 1.23 bits per heavy atom. The average Bonchev–Trinajstić information content (AvgIpc) is 2.71. The average molecular weight is 432 g/mol. The molecule has 7 heteroatoms. The zero-order valence-corrected chi connectivity index (χ0v) is 19.2. The van der Waals surface area contributed by atoms with Crippen molar-refractivity contribution in [3.05, 3.63) is 42.0 Å². The van der Waals surface area contributed by atoms with Crippen molar-refractivity contribution in [1.82, 2.24) is 4.90 Å². The number of piperidine rings is 1. The predicted octanol–water partition coefficient (Wildman–Crippen LogP) is 5.19. The Kier molecular flexibility index (Phi) is 7.74. The second-order valence-electron chi connectivity index (χ2n) is 9.10. The minimum atomic E-state index is -1.12. The molecule has 1 aliphatic rings. The molecule has 0 spiro atoms. The van der Waals surface area contributed by atoms with Crippen LogP contribution in [0.15, 0.2) is 36.4 Å². The summed E-state index contributed by atoms with van der Waals surface area (Å²) in [5.74, 6) is 0.788. The van der Waals surface area contributed by atoms with E-state index in [1.165, 1.54) is 4.90 Å². The number of likely N-dealkylation sites (tertiary alicyclic amines) is 1. The first kappa shape index (κ1) is 22.6. The van der Waals surface area contributed by atoms with E-state index in [4.69, 9.17) is 14.2 Å². The number of ether oxygens (including phenoxy) is 3. The number of nitrogens with zero attached hydrogens (tertiary/aromatic N) is 1. The van der Waals surface area contributed by atoms with E-state index < -0.39 is 14.2 Å². The van der Waals surface area contributed by atoms with E-state index in [0.29, 0.717) is 19.7 Å². The lowest BCUT2D eigenvalue weighted by atomic mass is 10.1. The van der Waals surface area contributed by atoms with Crippen LogP contribution in [0, 0.1) is 0 Å². The number of carbonyl (C=O) groups is 1. The highest BCUT2D eigenvalue weighted by atomic mass is 28.3. The smallest absolute Gasteiger partial charge is 0.407 e. The highest BCUT2D eigenvalue weighted by molar-refractivity contribution is 6.76. The zero-order valence-electron chi connectivity index (χ0n) is 18.2. The summed E-state index contributed by atoms with van der Waals surface area (Å²) in [6, 6.07) is 13.3. The van der Waals surface area contributed by atoms with Crippen LogP contribution in [0.3, 0.4) is 0 Å². The molecule has 164 valence electrons. The molecule has 2 aromatic carbocycles. The van der Waals surface area contributed by atoms with Crippen LogP contribution in [0.2, 0.25) is 25.7 Å². The number of benzene rings is 2. The molecule has 3 rings (SSSR count). The third-order valence-electron chi connectivity index (χ3n) is 5.31. The molecule has 0 aromatic heterocycles. The highest BCUT2D eigenvalue weighted by Crippen LogP contribution is 2.28. The lowest BCUT2D eigenvalue weighted by Crippen LogP contribution is -2.42. The molecule has 1 unspecified atom stereocenters. The van der Waals surface area contributed by atoms with Crippen LogP contribution in [-0.2, 0) is 16.1 Å². The Bertz CT molecular complexity index is 851. The normalized spacial score (nSPS) is 17.3. The summed E-state index contributed by atoms with van der Waals surface area (Å²) in [6.07, 6.45) is 0.762. The fraction of sp³-hybridized carbons (Fsp3) is 0.522. The molecular weight excluding hydrogens is 398 g/mol. The molecule has 1 heterocycles. The maximum absolute atomic E-state index is 11.2. The van der Waals surface area contributed by atoms with Crippen molar-refractivity contribution in [2.45, 2.75) is 51.2 Å². The van der Waals surface area contributed by atoms with Crippen molar-refractivity contribution in [3.63, 3.8) is 0 Å². The fourth-order valence-electron chi connectivity index (χ4n) is 3.54. The van der Waals surface area contributed by atoms with E-state index in [2.05, 4.69) is 31.8 Å². The maximum atomic E-state index is 11.2. The summed E-state index contributed by atoms with van der Waals surface area (Å²) >= 11 is 0. The lowest BCUT2D eigenvalue weighted by molar-refractivity contribution is -0.00633. The fourth-order valence-corrected chi connectivity index (χ4v) is 4.30. The largest absolute Gasteiger partial charge is 0.467 e. The zero-order chi connectivity index (χ0) is 21.6. The van der Waals surface area contributed by atoms with Crippen LogP contribution in [0.25, 0.3) is 10.8 Å². The lowest BCUT2D eigenvalue weighted by Gasteiger charge is -2.30. The SMILES string of the molecule is C[Si](C)(C)CCOCOc1cc(COC2CCCN(C(=O)O)C2)cc2ccccc12. The monoisotopic (exact) mass is 431 g/mol. The van der Waals surface area contributed by atoms with Crippen LogP contribution >= 0.6 is 0 Å². The minimum Gasteiger partial charge on any atom is -0.467 e. The van der Waals surface area contributed by atoms with Gasteiger partial charge in [-0.2, -0.15) is 0 Å². The summed E-state index contributed by atoms with van der Waals surface area (Å²) in [5.41, 5.74) is 1.01. The standard InChI is InChI=1S/C23H33NO5Si/c1-30(2,3)12-11-27-17-29-22-14-18(13-19-7-4-5-9-21(19)22)16-28-20-8-6-10-24(15-20)23(25)26/h4-5,7,9,13-14,20H,6,8,10-12,15-17H2,1-3H3,(H,25,26). The third kappa shape index (κ3) is 6.72. The molecule has 0 saturated carbocycles. The summed E-state index contributed by atoms with van der Waals surface area (Å²) in [4.78, 5) is 12.6. The van der Waals surface area contributed by atoms with Gasteiger partial charge in [0.1, 0.15) is 5.75 Å². The van der Waals surface area contributed by atoms with Gasteiger partial charge < -0.3 is 24.2 Å². The molecular formula is C23H33NO5Si. The van der Waals surface area contributed by atoms with Gasteiger partial charge >= 0.3 is 6.09 Å². The molecule has 6 nitrogen and oxygen atoms in total. The number of rotatable bonds is 9. The van der Waals surface area contributed by atoms with Crippen molar-refractivity contribution in [2.75, 3.05) is 26.5 Å². The third-order valence-corrected chi connectivity index (χ3v) is 7.02. The van der Waals surface area contributed by atoms with Gasteiger partial charge in [-0.25, -0.2) is 4.79 Å². The van der Waals surface area contributed by atoms with Crippen LogP contribution in [0.1, 0.15) is 18.4 Å². The van der Waals surface area contributed by atoms with E-state index in [9.17, 15) is 9.90 Å². The molecule has 1 atom stereocenters. The first-order chi connectivity index (χ1) is 14.3. The molecule has 0 radical (unpaired) electrons. The van der Waals surface area contributed by atoms with E-state index in [-0.39, 0.29) is 12.9 Å². The minimum absolute atomic E-state index is 0.0735. The van der Waals surface area contributed by atoms with Crippen molar-refractivity contribution in [3.8, 4) is 5.75 Å². The van der Waals surface area contributed by atoms with Gasteiger partial charge in [-0.05, 0) is 42.0 Å². The number of carboxylic acid groups (broad SMARTS) is 1. The first-order valence-corrected chi connectivity index (χ1v) is 14.3. The van der Waals surface area contributed by atoms with Gasteiger partial charge in [0.25, 0.3) is 0 Å². The molecule has 1 saturated heterocycles. The van der Waals surface area contributed by atoms with Gasteiger partial charge in [0.15, 0.2) is 6.79 Å². The van der Waals surface area contributed by atoms with Crippen molar-refractivity contribution < 1.29 is 24.1 Å². The molecule has 30 heavy (non-hydrogen) atoms. The van der Waals surface area contributed by atoms with Gasteiger partial charge in [-0.15, -0.1) is 0 Å². The first-order valence-electron chi connectivity index (χ1n) is 10.6. The second-order valence-corrected chi connectivity index (χ2v) is 14.7. The van der Waals surface area contributed by atoms with Crippen molar-refractivity contribution in [2.24, 2.45) is 0 Å². The van der Waals surface area contributed by atoms with E-state index in [1.54, 1.807) is 0 Å². The molecule has 0 aliphatic carbocycles. The van der Waals surface area contributed by atoms with E-state index >= 15 is 0 Å². The van der Waals surface area contributed by atoms with E-state index in [1.807, 2.05) is 24.3 Å². The quantitative estimate of drug-likeness (QED) is 0.336. The van der Waals surface area contributed by atoms with E-state index in [0.717, 1.165) is 47.6 Å². The summed E-state index contributed by atoms with van der Waals surface area (Å²) in [7, 11) is -1.12. The topological polar surface area (TPSA) is 68.2 Å².